The Morgan fingerprint density at radius 2 is 1.64 bits per heavy atom. The number of aryl methyl sites for hydroxylation is 1. The molecule has 0 saturated carbocycles. The largest absolute Gasteiger partial charge is 0.295 e. The monoisotopic (exact) mass is 513 g/mol. The van der Waals surface area contributed by atoms with Gasteiger partial charge in [0, 0.05) is 49.0 Å². The number of hydrogen-bond acceptors (Lipinski definition) is 5. The van der Waals surface area contributed by atoms with E-state index in [0.717, 1.165) is 50.1 Å². The molecule has 5 heteroatoms. The first kappa shape index (κ1) is 27.3. The molecule has 5 aromatic rings. The van der Waals surface area contributed by atoms with Crippen LogP contribution in [0, 0.1) is 6.92 Å². The summed E-state index contributed by atoms with van der Waals surface area (Å²) >= 11 is 0. The number of hydrogen-bond donors (Lipinski definition) is 0. The van der Waals surface area contributed by atoms with Crippen LogP contribution in [0.3, 0.4) is 0 Å². The summed E-state index contributed by atoms with van der Waals surface area (Å²) in [5, 5.41) is 1.97. The highest BCUT2D eigenvalue weighted by Crippen LogP contribution is 2.22. The Hall–Kier alpha value is -4.77. The Morgan fingerprint density at radius 1 is 0.872 bits per heavy atom. The van der Waals surface area contributed by atoms with Gasteiger partial charge in [-0.15, -0.1) is 0 Å². The van der Waals surface area contributed by atoms with E-state index in [4.69, 9.17) is 4.98 Å². The van der Waals surface area contributed by atoms with Crippen molar-refractivity contribution in [1.29, 1.82) is 0 Å². The Labute approximate surface area is 229 Å². The van der Waals surface area contributed by atoms with Gasteiger partial charge in [0.25, 0.3) is 0 Å². The molecule has 0 N–H and O–H groups in total. The molecule has 0 saturated heterocycles. The molecule has 39 heavy (non-hydrogen) atoms. The fourth-order valence-electron chi connectivity index (χ4n) is 4.49. The Morgan fingerprint density at radius 3 is 2.44 bits per heavy atom. The predicted molar refractivity (Wildman–Crippen MR) is 157 cm³/mol. The van der Waals surface area contributed by atoms with Crippen molar-refractivity contribution in [2.24, 2.45) is 0 Å². The molecule has 0 amide bonds. The second kappa shape index (κ2) is 12.2. The summed E-state index contributed by atoms with van der Waals surface area (Å²) in [6.07, 6.45) is 7.86. The maximum Gasteiger partial charge on any atom is 0.167 e. The topological polar surface area (TPSA) is 72.8 Å². The summed E-state index contributed by atoms with van der Waals surface area (Å²) in [5.41, 5.74) is 6.57. The van der Waals surface area contributed by atoms with Crippen LogP contribution in [0.1, 0.15) is 45.9 Å². The van der Waals surface area contributed by atoms with Gasteiger partial charge in [0.05, 0.1) is 5.69 Å². The molecule has 3 aromatic carbocycles. The van der Waals surface area contributed by atoms with Crippen molar-refractivity contribution in [3.63, 3.8) is 0 Å². The van der Waals surface area contributed by atoms with E-state index in [1.54, 1.807) is 18.6 Å². The van der Waals surface area contributed by atoms with Crippen LogP contribution in [0.25, 0.3) is 22.0 Å². The van der Waals surface area contributed by atoms with E-state index < -0.39 is 0 Å². The first-order valence-corrected chi connectivity index (χ1v) is 12.5. The van der Waals surface area contributed by atoms with E-state index in [1.165, 1.54) is 6.08 Å². The lowest BCUT2D eigenvalue weighted by Crippen LogP contribution is -2.05. The van der Waals surface area contributed by atoms with Crippen molar-refractivity contribution in [2.45, 2.75) is 33.6 Å². The van der Waals surface area contributed by atoms with Crippen LogP contribution >= 0.6 is 0 Å². The van der Waals surface area contributed by atoms with Gasteiger partial charge in [-0.2, -0.15) is 0 Å². The minimum Gasteiger partial charge on any atom is -0.295 e. The predicted octanol–water partition coefficient (Wildman–Crippen LogP) is 6.95. The molecule has 2 aromatic heterocycles. The van der Waals surface area contributed by atoms with E-state index in [2.05, 4.69) is 35.6 Å². The highest BCUT2D eigenvalue weighted by atomic mass is 16.1. The minimum atomic E-state index is -0.0126. The molecule has 0 aliphatic rings. The number of benzene rings is 3. The lowest BCUT2D eigenvalue weighted by Gasteiger charge is -2.10. The van der Waals surface area contributed by atoms with Crippen molar-refractivity contribution in [1.82, 2.24) is 15.0 Å². The van der Waals surface area contributed by atoms with Gasteiger partial charge in [0.1, 0.15) is 5.82 Å². The number of pyridine rings is 1. The molecular weight excluding hydrogens is 482 g/mol. The highest BCUT2D eigenvalue weighted by molar-refractivity contribution is 6.01. The minimum absolute atomic E-state index is 0. The second-order valence-electron chi connectivity index (χ2n) is 9.38. The summed E-state index contributed by atoms with van der Waals surface area (Å²) in [7, 11) is 0. The van der Waals surface area contributed by atoms with Crippen LogP contribution in [0.15, 0.2) is 104 Å². The van der Waals surface area contributed by atoms with E-state index in [1.807, 2.05) is 60.7 Å². The van der Waals surface area contributed by atoms with E-state index in [-0.39, 0.29) is 19.0 Å². The van der Waals surface area contributed by atoms with Gasteiger partial charge in [0.15, 0.2) is 11.6 Å². The maximum atomic E-state index is 13.2. The van der Waals surface area contributed by atoms with Gasteiger partial charge in [-0.3, -0.25) is 14.6 Å². The molecule has 0 aliphatic heterocycles. The Balaban J connectivity index is 0.00000353. The number of nitrogens with zero attached hydrogens (tertiary/aromatic N) is 3. The number of carbonyl (C=O) groups is 2. The average Bonchev–Trinajstić information content (AvgIpc) is 2.95. The summed E-state index contributed by atoms with van der Waals surface area (Å²) in [6.45, 7) is 5.60. The molecule has 2 heterocycles. The molecule has 0 unspecified atom stereocenters. The number of allylic oxidation sites excluding steroid dienone is 1. The third kappa shape index (κ3) is 6.57. The second-order valence-corrected chi connectivity index (χ2v) is 9.38. The van der Waals surface area contributed by atoms with Gasteiger partial charge < -0.3 is 0 Å². The van der Waals surface area contributed by atoms with Gasteiger partial charge in [-0.1, -0.05) is 62.5 Å². The fraction of sp³-hybridized carbons (Fsp3) is 0.147. The van der Waals surface area contributed by atoms with Gasteiger partial charge in [0.2, 0.25) is 0 Å². The number of Topliss-reactive ketones (excluding diaryl/α,β-unsaturated/α-hetero) is 1. The van der Waals surface area contributed by atoms with E-state index in [9.17, 15) is 9.59 Å². The summed E-state index contributed by atoms with van der Waals surface area (Å²) < 4.78 is 0. The molecule has 0 fully saturated rings. The van der Waals surface area contributed by atoms with Crippen LogP contribution < -0.4 is 0 Å². The number of rotatable bonds is 9. The molecule has 5 rings (SSSR count). The van der Waals surface area contributed by atoms with Crippen LogP contribution in [0.5, 0.6) is 0 Å². The lowest BCUT2D eigenvalue weighted by molar-refractivity contribution is -0.114. The summed E-state index contributed by atoms with van der Waals surface area (Å²) in [5.74, 6) is 0.769. The number of carbonyl (C=O) groups excluding carboxylic acids is 2. The van der Waals surface area contributed by atoms with Crippen LogP contribution in [0.2, 0.25) is 0 Å². The van der Waals surface area contributed by atoms with Crippen LogP contribution in [0.4, 0.5) is 0 Å². The average molecular weight is 514 g/mol. The molecule has 0 atom stereocenters. The van der Waals surface area contributed by atoms with Crippen molar-refractivity contribution in [3.05, 3.63) is 138 Å². The SMILES string of the molecule is C.C=CC(=O)Cc1ccc2cc(C(=O)Cc3ccc(C)c(Cc4nccc(-c5cccnc5)n4)c3)ccc2c1. The zero-order chi connectivity index (χ0) is 26.5. The number of aromatic nitrogens is 3. The van der Waals surface area contributed by atoms with Gasteiger partial charge in [-0.25, -0.2) is 9.97 Å². The smallest absolute Gasteiger partial charge is 0.167 e. The Bertz CT molecular complexity index is 1660. The van der Waals surface area contributed by atoms with Crippen molar-refractivity contribution in [2.75, 3.05) is 0 Å². The number of fused-ring (bicyclic) bond motifs is 1. The third-order valence-corrected chi connectivity index (χ3v) is 6.62. The van der Waals surface area contributed by atoms with Crippen LogP contribution in [-0.4, -0.2) is 26.5 Å². The first-order chi connectivity index (χ1) is 18.5. The van der Waals surface area contributed by atoms with E-state index >= 15 is 0 Å². The first-order valence-electron chi connectivity index (χ1n) is 12.5. The van der Waals surface area contributed by atoms with Crippen molar-refractivity contribution < 1.29 is 9.59 Å². The normalized spacial score (nSPS) is 10.6. The standard InChI is InChI=1S/C33H27N3O2.CH4/c1-3-30(37)17-23-8-9-26-19-27(11-10-25(26)15-23)32(38)18-24-7-6-22(2)29(16-24)20-33-35-14-12-31(36-33)28-5-4-13-34-21-28;/h3-16,19,21H,1,17-18,20H2,2H3;1H4. The number of ketones is 2. The molecule has 0 radical (unpaired) electrons. The third-order valence-electron chi connectivity index (χ3n) is 6.62. The Kier molecular flexibility index (Phi) is 8.52. The molecule has 5 nitrogen and oxygen atoms in total. The molecular formula is C34H31N3O2. The van der Waals surface area contributed by atoms with Gasteiger partial charge >= 0.3 is 0 Å². The zero-order valence-corrected chi connectivity index (χ0v) is 21.2. The molecule has 0 bridgehead atoms. The zero-order valence-electron chi connectivity index (χ0n) is 21.2. The summed E-state index contributed by atoms with van der Waals surface area (Å²) in [4.78, 5) is 38.2. The highest BCUT2D eigenvalue weighted by Gasteiger charge is 2.12. The summed E-state index contributed by atoms with van der Waals surface area (Å²) in [6, 6.07) is 23.5. The lowest BCUT2D eigenvalue weighted by atomic mass is 9.95. The quantitative estimate of drug-likeness (QED) is 0.157. The van der Waals surface area contributed by atoms with Gasteiger partial charge in [-0.05, 0) is 70.3 Å². The maximum absolute atomic E-state index is 13.2. The van der Waals surface area contributed by atoms with Crippen molar-refractivity contribution >= 4 is 22.3 Å². The molecule has 0 aliphatic carbocycles. The molecule has 194 valence electrons. The fourth-order valence-corrected chi connectivity index (χ4v) is 4.49. The van der Waals surface area contributed by atoms with Crippen LogP contribution in [-0.2, 0) is 24.1 Å². The van der Waals surface area contributed by atoms with E-state index in [0.29, 0.717) is 24.8 Å². The van der Waals surface area contributed by atoms with Crippen molar-refractivity contribution in [3.8, 4) is 11.3 Å². The molecule has 0 spiro atoms.